The second-order valence-corrected chi connectivity index (χ2v) is 7.38. The van der Waals surface area contributed by atoms with Crippen molar-refractivity contribution in [3.8, 4) is 0 Å². The van der Waals surface area contributed by atoms with E-state index >= 15 is 0 Å². The number of nitrogens with two attached hydrogens (primary N) is 1. The van der Waals surface area contributed by atoms with E-state index in [1.165, 1.54) is 12.3 Å². The van der Waals surface area contributed by atoms with Crippen LogP contribution in [-0.4, -0.2) is 35.3 Å². The molecular weight excluding hydrogens is 373 g/mol. The Balaban J connectivity index is 0.00000210. The van der Waals surface area contributed by atoms with Crippen LogP contribution in [0.1, 0.15) is 41.2 Å². The van der Waals surface area contributed by atoms with Gasteiger partial charge in [0, 0.05) is 30.7 Å². The molecule has 0 amide bonds. The second kappa shape index (κ2) is 7.13. The molecule has 4 rings (SSSR count). The number of fused-ring (bicyclic) bond motifs is 1. The van der Waals surface area contributed by atoms with Gasteiger partial charge < -0.3 is 20.3 Å². The number of carboxylic acid groups (broad SMARTS) is 1. The average Bonchev–Trinajstić information content (AvgIpc) is 3.33. The molecule has 1 aliphatic heterocycles. The fourth-order valence-electron chi connectivity index (χ4n) is 4.08. The fraction of sp³-hybridized carbons (Fsp3) is 0.474. The number of hydrogen-bond donors (Lipinski definition) is 2. The zero-order valence-electron chi connectivity index (χ0n) is 15.1. The molecule has 2 aromatic rings. The number of nitrogens with zero attached hydrogens (tertiary/aromatic N) is 2. The molecule has 1 saturated heterocycles. The molecule has 27 heavy (non-hydrogen) atoms. The maximum absolute atomic E-state index is 15.0. The number of anilines is 1. The third kappa shape index (κ3) is 3.19. The van der Waals surface area contributed by atoms with Gasteiger partial charge in [-0.3, -0.25) is 4.79 Å². The van der Waals surface area contributed by atoms with Gasteiger partial charge in [-0.2, -0.15) is 0 Å². The standard InChI is InChI=1S/C19H22FN3O3.ClH/c1-10-16-13(6-15(20)17(10)22-5-4-11(7-21)8-22)18(24)14(19(25)26)9-23(16)12-2-3-12;/h6,9,11-12H,2-5,7-8,21H2,1H3,(H,25,26);1H. The predicted octanol–water partition coefficient (Wildman–Crippen LogP) is 2.69. The number of rotatable bonds is 4. The van der Waals surface area contributed by atoms with Crippen molar-refractivity contribution in [1.82, 2.24) is 4.57 Å². The molecule has 146 valence electrons. The van der Waals surface area contributed by atoms with Gasteiger partial charge in [-0.05, 0) is 50.3 Å². The molecule has 1 atom stereocenters. The first kappa shape index (κ1) is 19.6. The van der Waals surface area contributed by atoms with Crippen molar-refractivity contribution < 1.29 is 14.3 Å². The van der Waals surface area contributed by atoms with Crippen LogP contribution in [0.5, 0.6) is 0 Å². The summed E-state index contributed by atoms with van der Waals surface area (Å²) in [6.07, 6.45) is 4.21. The zero-order valence-corrected chi connectivity index (χ0v) is 15.9. The minimum atomic E-state index is -1.28. The fourth-order valence-corrected chi connectivity index (χ4v) is 4.08. The molecule has 1 saturated carbocycles. The van der Waals surface area contributed by atoms with Crippen LogP contribution in [0.3, 0.4) is 0 Å². The van der Waals surface area contributed by atoms with Gasteiger partial charge in [0.1, 0.15) is 11.4 Å². The molecule has 0 spiro atoms. The van der Waals surface area contributed by atoms with Crippen LogP contribution in [0, 0.1) is 18.7 Å². The smallest absolute Gasteiger partial charge is 0.341 e. The molecule has 0 radical (unpaired) electrons. The Morgan fingerprint density at radius 2 is 2.07 bits per heavy atom. The van der Waals surface area contributed by atoms with Crippen LogP contribution in [0.25, 0.3) is 10.9 Å². The maximum atomic E-state index is 15.0. The van der Waals surface area contributed by atoms with E-state index in [-0.39, 0.29) is 29.4 Å². The summed E-state index contributed by atoms with van der Waals surface area (Å²) in [6, 6.07) is 1.38. The highest BCUT2D eigenvalue weighted by Crippen LogP contribution is 2.40. The van der Waals surface area contributed by atoms with Crippen molar-refractivity contribution in [3.63, 3.8) is 0 Å². The van der Waals surface area contributed by atoms with E-state index in [4.69, 9.17) is 5.73 Å². The highest BCUT2D eigenvalue weighted by atomic mass is 35.5. The Morgan fingerprint density at radius 1 is 1.37 bits per heavy atom. The van der Waals surface area contributed by atoms with Gasteiger partial charge in [0.15, 0.2) is 0 Å². The van der Waals surface area contributed by atoms with Crippen LogP contribution >= 0.6 is 12.4 Å². The quantitative estimate of drug-likeness (QED) is 0.830. The van der Waals surface area contributed by atoms with Crippen molar-refractivity contribution in [3.05, 3.63) is 39.4 Å². The lowest BCUT2D eigenvalue weighted by molar-refractivity contribution is 0.0695. The summed E-state index contributed by atoms with van der Waals surface area (Å²) in [4.78, 5) is 26.1. The summed E-state index contributed by atoms with van der Waals surface area (Å²) in [6.45, 7) is 3.81. The molecule has 0 bridgehead atoms. The Kier molecular flexibility index (Phi) is 5.18. The van der Waals surface area contributed by atoms with Crippen LogP contribution in [0.2, 0.25) is 0 Å². The molecule has 8 heteroatoms. The Labute approximate surface area is 162 Å². The largest absolute Gasteiger partial charge is 0.477 e. The molecule has 2 fully saturated rings. The Hall–Kier alpha value is -2.12. The molecule has 6 nitrogen and oxygen atoms in total. The monoisotopic (exact) mass is 395 g/mol. The van der Waals surface area contributed by atoms with Crippen LogP contribution in [0.4, 0.5) is 10.1 Å². The van der Waals surface area contributed by atoms with Gasteiger partial charge in [0.2, 0.25) is 5.43 Å². The van der Waals surface area contributed by atoms with Crippen molar-refractivity contribution in [2.75, 3.05) is 24.5 Å². The summed E-state index contributed by atoms with van der Waals surface area (Å²) >= 11 is 0. The Bertz CT molecular complexity index is 971. The van der Waals surface area contributed by atoms with Gasteiger partial charge in [-0.1, -0.05) is 0 Å². The molecule has 1 aliphatic carbocycles. The molecule has 3 N–H and O–H groups in total. The number of aromatic nitrogens is 1. The minimum Gasteiger partial charge on any atom is -0.477 e. The normalized spacial score (nSPS) is 19.4. The SMILES string of the molecule is Cc1c(N2CCC(CN)C2)c(F)cc2c(=O)c(C(=O)O)cn(C3CC3)c12.Cl. The number of pyridine rings is 1. The number of aromatic carboxylic acids is 1. The van der Waals surface area contributed by atoms with Crippen LogP contribution in [0.15, 0.2) is 17.1 Å². The summed E-state index contributed by atoms with van der Waals surface area (Å²) in [5, 5.41) is 9.49. The number of aryl methyl sites for hydroxylation is 1. The predicted molar refractivity (Wildman–Crippen MR) is 105 cm³/mol. The zero-order chi connectivity index (χ0) is 18.6. The molecule has 1 unspecified atom stereocenters. The Morgan fingerprint density at radius 3 is 2.63 bits per heavy atom. The lowest BCUT2D eigenvalue weighted by Gasteiger charge is -2.24. The molecule has 1 aromatic heterocycles. The maximum Gasteiger partial charge on any atom is 0.341 e. The first-order valence-corrected chi connectivity index (χ1v) is 8.98. The first-order valence-electron chi connectivity index (χ1n) is 8.98. The van der Waals surface area contributed by atoms with E-state index in [2.05, 4.69) is 0 Å². The molecule has 2 heterocycles. The molecular formula is C19H23ClFN3O3. The van der Waals surface area contributed by atoms with Crippen molar-refractivity contribution >= 4 is 35.0 Å². The summed E-state index contributed by atoms with van der Waals surface area (Å²) in [5.74, 6) is -1.42. The lowest BCUT2D eigenvalue weighted by Crippen LogP contribution is -2.25. The van der Waals surface area contributed by atoms with Crippen molar-refractivity contribution in [2.45, 2.75) is 32.2 Å². The minimum absolute atomic E-state index is 0. The molecule has 2 aliphatic rings. The van der Waals surface area contributed by atoms with Crippen LogP contribution in [-0.2, 0) is 0 Å². The van der Waals surface area contributed by atoms with E-state index in [1.807, 2.05) is 16.4 Å². The highest BCUT2D eigenvalue weighted by Gasteiger charge is 2.31. The van der Waals surface area contributed by atoms with Crippen molar-refractivity contribution in [1.29, 1.82) is 0 Å². The number of halogens is 2. The van der Waals surface area contributed by atoms with Gasteiger partial charge in [-0.25, -0.2) is 9.18 Å². The van der Waals surface area contributed by atoms with Crippen LogP contribution < -0.4 is 16.1 Å². The molecule has 1 aromatic carbocycles. The van der Waals surface area contributed by atoms with Gasteiger partial charge in [-0.15, -0.1) is 12.4 Å². The highest BCUT2D eigenvalue weighted by molar-refractivity contribution is 5.95. The van der Waals surface area contributed by atoms with Gasteiger partial charge in [0.25, 0.3) is 0 Å². The topological polar surface area (TPSA) is 88.6 Å². The van der Waals surface area contributed by atoms with E-state index in [9.17, 15) is 19.1 Å². The third-order valence-electron chi connectivity index (χ3n) is 5.58. The lowest BCUT2D eigenvalue weighted by atomic mass is 10.0. The number of carbonyl (C=O) groups is 1. The number of benzene rings is 1. The third-order valence-corrected chi connectivity index (χ3v) is 5.58. The van der Waals surface area contributed by atoms with Gasteiger partial charge in [0.05, 0.1) is 11.2 Å². The summed E-state index contributed by atoms with van der Waals surface area (Å²) in [5.41, 5.74) is 6.67. The second-order valence-electron chi connectivity index (χ2n) is 7.38. The van der Waals surface area contributed by atoms with E-state index in [0.29, 0.717) is 35.8 Å². The summed E-state index contributed by atoms with van der Waals surface area (Å²) < 4.78 is 16.8. The number of hydrogen-bond acceptors (Lipinski definition) is 4. The number of carboxylic acids is 1. The van der Waals surface area contributed by atoms with E-state index in [1.54, 1.807) is 0 Å². The van der Waals surface area contributed by atoms with E-state index < -0.39 is 17.2 Å². The summed E-state index contributed by atoms with van der Waals surface area (Å²) in [7, 11) is 0. The van der Waals surface area contributed by atoms with Crippen molar-refractivity contribution in [2.24, 2.45) is 11.7 Å². The first-order chi connectivity index (χ1) is 12.4. The average molecular weight is 396 g/mol. The van der Waals surface area contributed by atoms with E-state index in [0.717, 1.165) is 25.8 Å². The van der Waals surface area contributed by atoms with Gasteiger partial charge >= 0.3 is 5.97 Å².